The number of nitrogens with one attached hydrogen (secondary N) is 2. The number of H-pyrrole nitrogens is 2. The third-order valence-corrected chi connectivity index (χ3v) is 12.1. The van der Waals surface area contributed by atoms with Crippen LogP contribution in [0, 0.1) is 0 Å². The fourth-order valence-electron chi connectivity index (χ4n) is 7.20. The van der Waals surface area contributed by atoms with Gasteiger partial charge in [-0.15, -0.1) is 0 Å². The molecule has 0 aliphatic carbocycles. The van der Waals surface area contributed by atoms with E-state index in [0.717, 1.165) is 0 Å². The molecular weight excluding hydrogens is 923 g/mol. The third kappa shape index (κ3) is 7.13. The monoisotopic (exact) mass is 941 g/mol. The zero-order chi connectivity index (χ0) is 38.8. The first kappa shape index (κ1) is 40.1. The summed E-state index contributed by atoms with van der Waals surface area (Å²) in [6.45, 7) is 0. The minimum atomic E-state index is 0. The van der Waals surface area contributed by atoms with Crippen LogP contribution in [0.3, 0.4) is 0 Å². The molecule has 2 aliphatic heterocycles. The first-order chi connectivity index (χ1) is 27.1. The van der Waals surface area contributed by atoms with Crippen LogP contribution in [-0.2, 0) is 17.1 Å². The fourth-order valence-corrected chi connectivity index (χ4v) is 9.55. The van der Waals surface area contributed by atoms with E-state index in [1.165, 1.54) is 0 Å². The van der Waals surface area contributed by atoms with E-state index < -0.39 is 0 Å². The van der Waals surface area contributed by atoms with Crippen molar-refractivity contribution in [1.82, 2.24) is 19.9 Å². The fraction of sp³-hybridized carbons (Fsp3) is 0. The molecule has 2 aliphatic rings. The van der Waals surface area contributed by atoms with Gasteiger partial charge in [0.15, 0.2) is 0 Å². The van der Waals surface area contributed by atoms with Gasteiger partial charge >= 0.3 is 0 Å². The number of aromatic nitrogens is 4. The van der Waals surface area contributed by atoms with Crippen molar-refractivity contribution in [3.63, 3.8) is 0 Å². The number of rotatable bonds is 4. The van der Waals surface area contributed by atoms with Crippen molar-refractivity contribution < 1.29 is 17.1 Å². The SMILES string of the molecule is Clc1cccc(Cl)c1-c1c2nc(c(-c3c(Cl)cccc3Cl)c3ccc([nH]3)c(-c3c(Cl)cccc3Cl)c3nc(c(-c4c(Cl)cccc4Cl)c4ccc1[nH]4)C=C3)C=C2.[Mn]. The maximum absolute atomic E-state index is 6.95. The van der Waals surface area contributed by atoms with E-state index in [9.17, 15) is 0 Å². The number of benzene rings is 4. The van der Waals surface area contributed by atoms with Crippen molar-refractivity contribution in [3.8, 4) is 44.5 Å². The largest absolute Gasteiger partial charge is 0.354 e. The maximum atomic E-state index is 6.95. The van der Waals surface area contributed by atoms with Gasteiger partial charge in [-0.05, 0) is 97.1 Å². The van der Waals surface area contributed by atoms with Gasteiger partial charge < -0.3 is 9.97 Å². The Hall–Kier alpha value is -3.68. The second kappa shape index (κ2) is 16.2. The molecule has 8 bridgehead atoms. The second-order valence-electron chi connectivity index (χ2n) is 12.9. The van der Waals surface area contributed by atoms with Crippen LogP contribution in [0.2, 0.25) is 40.2 Å². The van der Waals surface area contributed by atoms with Crippen LogP contribution in [0.4, 0.5) is 0 Å². The van der Waals surface area contributed by atoms with Gasteiger partial charge in [0.1, 0.15) is 0 Å². The molecule has 0 saturated heterocycles. The predicted octanol–water partition coefficient (Wildman–Crippen LogP) is 16.5. The molecule has 4 aromatic carbocycles. The van der Waals surface area contributed by atoms with Crippen LogP contribution in [0.15, 0.2) is 97.1 Å². The molecule has 4 nitrogen and oxygen atoms in total. The van der Waals surface area contributed by atoms with Crippen molar-refractivity contribution in [2.24, 2.45) is 0 Å². The van der Waals surface area contributed by atoms with E-state index in [1.807, 2.05) is 48.6 Å². The average Bonchev–Trinajstić information content (AvgIpc) is 4.00. The summed E-state index contributed by atoms with van der Waals surface area (Å²) in [7, 11) is 0. The van der Waals surface area contributed by atoms with E-state index in [-0.39, 0.29) is 17.1 Å². The number of fused-ring (bicyclic) bond motifs is 8. The van der Waals surface area contributed by atoms with Gasteiger partial charge in [0, 0.05) is 83.6 Å². The first-order valence-electron chi connectivity index (χ1n) is 17.0. The molecule has 13 heteroatoms. The van der Waals surface area contributed by atoms with E-state index >= 15 is 0 Å². The summed E-state index contributed by atoms with van der Waals surface area (Å²) in [5.41, 5.74) is 10.1. The number of hydrogen-bond donors (Lipinski definition) is 2. The normalized spacial score (nSPS) is 11.9. The van der Waals surface area contributed by atoms with E-state index in [4.69, 9.17) is 103 Å². The minimum Gasteiger partial charge on any atom is -0.354 e. The maximum Gasteiger partial charge on any atom is 0.0738 e. The molecule has 0 spiro atoms. The van der Waals surface area contributed by atoms with Crippen molar-refractivity contribution >= 4 is 139 Å². The molecule has 3 aromatic heterocycles. The van der Waals surface area contributed by atoms with Crippen LogP contribution in [-0.4, -0.2) is 19.9 Å². The van der Waals surface area contributed by atoms with Gasteiger partial charge in [-0.3, -0.25) is 0 Å². The summed E-state index contributed by atoms with van der Waals surface area (Å²) in [6, 6.07) is 29.3. The summed E-state index contributed by atoms with van der Waals surface area (Å²) in [6.07, 6.45) is 7.66. The van der Waals surface area contributed by atoms with Crippen LogP contribution < -0.4 is 0 Å². The third-order valence-electron chi connectivity index (χ3n) is 9.60. The number of aromatic amines is 2. The van der Waals surface area contributed by atoms with E-state index in [1.54, 1.807) is 72.8 Å². The van der Waals surface area contributed by atoms with E-state index in [2.05, 4.69) is 9.97 Å². The molecule has 281 valence electrons. The van der Waals surface area contributed by atoms with Crippen LogP contribution >= 0.6 is 92.8 Å². The Balaban J connectivity index is 0.00000455. The average molecular weight is 945 g/mol. The number of nitrogens with zero attached hydrogens (tertiary/aromatic N) is 2. The van der Waals surface area contributed by atoms with Crippen molar-refractivity contribution in [2.75, 3.05) is 0 Å². The topological polar surface area (TPSA) is 57.4 Å². The molecule has 9 rings (SSSR count). The van der Waals surface area contributed by atoms with Gasteiger partial charge in [-0.2, -0.15) is 0 Å². The molecule has 0 saturated carbocycles. The van der Waals surface area contributed by atoms with Crippen molar-refractivity contribution in [1.29, 1.82) is 0 Å². The van der Waals surface area contributed by atoms with Crippen molar-refractivity contribution in [3.05, 3.63) is 160 Å². The second-order valence-corrected chi connectivity index (χ2v) is 16.1. The Kier molecular flexibility index (Phi) is 11.4. The number of halogens is 8. The molecule has 0 fully saturated rings. The minimum absolute atomic E-state index is 0. The molecule has 0 unspecified atom stereocenters. The molecule has 2 N–H and O–H groups in total. The molecule has 5 heterocycles. The number of hydrogen-bond acceptors (Lipinski definition) is 2. The van der Waals surface area contributed by atoms with Crippen molar-refractivity contribution in [2.45, 2.75) is 0 Å². The summed E-state index contributed by atoms with van der Waals surface area (Å²) in [4.78, 5) is 17.8. The quantitative estimate of drug-likeness (QED) is 0.173. The van der Waals surface area contributed by atoms with Gasteiger partial charge in [0.25, 0.3) is 0 Å². The molecule has 7 aromatic rings. The Morgan fingerprint density at radius 2 is 0.474 bits per heavy atom. The van der Waals surface area contributed by atoms with Gasteiger partial charge in [0.05, 0.1) is 63.0 Å². The van der Waals surface area contributed by atoms with Gasteiger partial charge in [0.2, 0.25) is 0 Å². The molecule has 0 atom stereocenters. The van der Waals surface area contributed by atoms with Crippen LogP contribution in [0.5, 0.6) is 0 Å². The zero-order valence-electron chi connectivity index (χ0n) is 28.8. The Morgan fingerprint density at radius 3 is 0.667 bits per heavy atom. The first-order valence-corrected chi connectivity index (χ1v) is 20.0. The summed E-state index contributed by atoms with van der Waals surface area (Å²) in [5.74, 6) is 0. The van der Waals surface area contributed by atoms with Crippen LogP contribution in [0.1, 0.15) is 22.8 Å². The van der Waals surface area contributed by atoms with Gasteiger partial charge in [-0.1, -0.05) is 117 Å². The summed E-state index contributed by atoms with van der Waals surface area (Å²) >= 11 is 55.6. The standard InChI is InChI=1S/C44H22Cl8N4.Mn/c45-21-5-1-6-22(46)37(21)41-29-13-15-31(53-29)42(38-23(47)7-2-8-24(38)48)33-17-19-35(55-33)44(40-27(51)11-4-12-28(40)52)36-20-18-34(56-36)43(32-16-14-30(41)54-32)39-25(49)9-3-10-26(39)50;/h1-20,53,56H;. The Morgan fingerprint density at radius 1 is 0.281 bits per heavy atom. The molecule has 57 heavy (non-hydrogen) atoms. The summed E-state index contributed by atoms with van der Waals surface area (Å²) in [5, 5.41) is 3.53. The van der Waals surface area contributed by atoms with E-state index in [0.29, 0.717) is 130 Å². The van der Waals surface area contributed by atoms with Crippen LogP contribution in [0.25, 0.3) is 90.9 Å². The molecular formula is C44H22Cl8MnN4. The smallest absolute Gasteiger partial charge is 0.0738 e. The Bertz CT molecular complexity index is 2560. The zero-order valence-corrected chi connectivity index (χ0v) is 36.1. The Labute approximate surface area is 377 Å². The summed E-state index contributed by atoms with van der Waals surface area (Å²) < 4.78 is 0. The molecule has 0 amide bonds. The van der Waals surface area contributed by atoms with Gasteiger partial charge in [-0.25, -0.2) is 9.97 Å². The molecule has 1 radical (unpaired) electrons. The predicted molar refractivity (Wildman–Crippen MR) is 241 cm³/mol.